The Bertz CT molecular complexity index is 1240. The van der Waals surface area contributed by atoms with Crippen molar-refractivity contribution in [2.24, 2.45) is 0 Å². The van der Waals surface area contributed by atoms with Crippen molar-refractivity contribution in [3.63, 3.8) is 0 Å². The molecule has 0 aliphatic heterocycles. The molecule has 31 heavy (non-hydrogen) atoms. The van der Waals surface area contributed by atoms with Gasteiger partial charge in [-0.3, -0.25) is 9.59 Å². The summed E-state index contributed by atoms with van der Waals surface area (Å²) in [4.78, 5) is 24.8. The minimum Gasteiger partial charge on any atom is -0.326 e. The summed E-state index contributed by atoms with van der Waals surface area (Å²) in [6.07, 6.45) is 1.31. The molecule has 8 heteroatoms. The minimum absolute atomic E-state index is 0.0536. The zero-order valence-electron chi connectivity index (χ0n) is 17.0. The van der Waals surface area contributed by atoms with E-state index in [0.29, 0.717) is 11.4 Å². The lowest BCUT2D eigenvalue weighted by atomic mass is 10.1. The van der Waals surface area contributed by atoms with Crippen LogP contribution in [0.25, 0.3) is 0 Å². The number of carbonyl (C=O) groups is 2. The highest BCUT2D eigenvalue weighted by atomic mass is 35.5. The zero-order valence-corrected chi connectivity index (χ0v) is 18.5. The summed E-state index contributed by atoms with van der Waals surface area (Å²) in [5, 5.41) is 5.67. The van der Waals surface area contributed by atoms with Gasteiger partial charge in [-0.2, -0.15) is 0 Å². The first-order valence-corrected chi connectivity index (χ1v) is 11.7. The van der Waals surface area contributed by atoms with Gasteiger partial charge < -0.3 is 10.6 Å². The summed E-state index contributed by atoms with van der Waals surface area (Å²) in [6, 6.07) is 18.2. The molecule has 2 N–H and O–H groups in total. The maximum atomic E-state index is 12.5. The third-order valence-electron chi connectivity index (χ3n) is 4.51. The fraction of sp³-hybridized carbons (Fsp3) is 0.130. The van der Waals surface area contributed by atoms with Crippen molar-refractivity contribution in [3.8, 4) is 0 Å². The number of carbonyl (C=O) groups excluding carboxylic acids is 2. The molecule has 0 heterocycles. The van der Waals surface area contributed by atoms with Gasteiger partial charge in [-0.05, 0) is 48.9 Å². The predicted molar refractivity (Wildman–Crippen MR) is 122 cm³/mol. The van der Waals surface area contributed by atoms with Crippen molar-refractivity contribution in [1.29, 1.82) is 0 Å². The lowest BCUT2D eigenvalue weighted by Crippen LogP contribution is -2.15. The Morgan fingerprint density at radius 2 is 1.65 bits per heavy atom. The molecule has 2 amide bonds. The second kappa shape index (κ2) is 9.32. The van der Waals surface area contributed by atoms with Gasteiger partial charge in [0.15, 0.2) is 9.84 Å². The Balaban J connectivity index is 1.67. The summed E-state index contributed by atoms with van der Waals surface area (Å²) in [5.41, 5.74) is 3.05. The van der Waals surface area contributed by atoms with Crippen molar-refractivity contribution >= 4 is 44.6 Å². The van der Waals surface area contributed by atoms with Crippen LogP contribution >= 0.6 is 11.6 Å². The maximum Gasteiger partial charge on any atom is 0.255 e. The van der Waals surface area contributed by atoms with E-state index in [0.717, 1.165) is 17.4 Å². The number of amides is 2. The van der Waals surface area contributed by atoms with Gasteiger partial charge in [0.25, 0.3) is 5.91 Å². The second-order valence-electron chi connectivity index (χ2n) is 7.16. The van der Waals surface area contributed by atoms with E-state index in [1.54, 1.807) is 12.1 Å². The van der Waals surface area contributed by atoms with Gasteiger partial charge in [-0.25, -0.2) is 8.42 Å². The fourth-order valence-corrected chi connectivity index (χ4v) is 3.75. The number of halogens is 1. The number of benzene rings is 3. The first-order chi connectivity index (χ1) is 14.6. The lowest BCUT2D eigenvalue weighted by molar-refractivity contribution is -0.115. The number of aryl methyl sites for hydroxylation is 1. The fourth-order valence-electron chi connectivity index (χ4n) is 2.85. The average molecular weight is 457 g/mol. The summed E-state index contributed by atoms with van der Waals surface area (Å²) in [6.45, 7) is 1.98. The third-order valence-corrected chi connectivity index (χ3v) is 5.93. The number of hydrogen-bond donors (Lipinski definition) is 2. The lowest BCUT2D eigenvalue weighted by Gasteiger charge is -2.11. The van der Waals surface area contributed by atoms with Crippen LogP contribution in [0.4, 0.5) is 11.4 Å². The van der Waals surface area contributed by atoms with E-state index in [2.05, 4.69) is 10.6 Å². The Kier molecular flexibility index (Phi) is 6.77. The monoisotopic (exact) mass is 456 g/mol. The van der Waals surface area contributed by atoms with Crippen molar-refractivity contribution in [2.45, 2.75) is 18.2 Å². The van der Waals surface area contributed by atoms with Crippen LogP contribution in [0.1, 0.15) is 21.5 Å². The molecular weight excluding hydrogens is 436 g/mol. The smallest absolute Gasteiger partial charge is 0.255 e. The highest BCUT2D eigenvalue weighted by Crippen LogP contribution is 2.26. The van der Waals surface area contributed by atoms with E-state index in [-0.39, 0.29) is 27.8 Å². The van der Waals surface area contributed by atoms with E-state index in [4.69, 9.17) is 11.6 Å². The quantitative estimate of drug-likeness (QED) is 0.571. The number of hydrogen-bond acceptors (Lipinski definition) is 4. The molecule has 0 radical (unpaired) electrons. The first-order valence-electron chi connectivity index (χ1n) is 9.38. The predicted octanol–water partition coefficient (Wildman–Crippen LogP) is 4.49. The summed E-state index contributed by atoms with van der Waals surface area (Å²) in [7, 11) is -3.43. The maximum absolute atomic E-state index is 12.5. The molecule has 0 unspecified atom stereocenters. The number of nitrogens with one attached hydrogen (secondary N) is 2. The minimum atomic E-state index is -3.43. The molecule has 0 aliphatic rings. The van der Waals surface area contributed by atoms with Gasteiger partial charge in [0.1, 0.15) is 0 Å². The first kappa shape index (κ1) is 22.5. The SMILES string of the molecule is Cc1ccc(CC(=O)Nc2ccc(NC(=O)c3cccc(S(C)(=O)=O)c3)c(Cl)c2)cc1. The van der Waals surface area contributed by atoms with Crippen molar-refractivity contribution < 1.29 is 18.0 Å². The average Bonchev–Trinajstić information content (AvgIpc) is 2.71. The molecule has 6 nitrogen and oxygen atoms in total. The molecular formula is C23H21ClN2O4S. The van der Waals surface area contributed by atoms with Gasteiger partial charge in [0.2, 0.25) is 5.91 Å². The zero-order chi connectivity index (χ0) is 22.6. The summed E-state index contributed by atoms with van der Waals surface area (Å²) in [5.74, 6) is -0.683. The van der Waals surface area contributed by atoms with Crippen LogP contribution in [0.2, 0.25) is 5.02 Å². The molecule has 0 saturated carbocycles. The van der Waals surface area contributed by atoms with Crippen LogP contribution in [-0.2, 0) is 21.1 Å². The van der Waals surface area contributed by atoms with Gasteiger partial charge in [0, 0.05) is 17.5 Å². The molecule has 0 atom stereocenters. The molecule has 0 fully saturated rings. The van der Waals surface area contributed by atoms with Crippen molar-refractivity contribution in [3.05, 3.63) is 88.4 Å². The van der Waals surface area contributed by atoms with Gasteiger partial charge in [-0.1, -0.05) is 47.5 Å². The topological polar surface area (TPSA) is 92.3 Å². The molecule has 3 rings (SSSR count). The second-order valence-corrected chi connectivity index (χ2v) is 9.58. The Morgan fingerprint density at radius 3 is 2.29 bits per heavy atom. The van der Waals surface area contributed by atoms with Crippen LogP contribution in [0, 0.1) is 6.92 Å². The van der Waals surface area contributed by atoms with Crippen LogP contribution in [0.15, 0.2) is 71.6 Å². The van der Waals surface area contributed by atoms with E-state index in [1.165, 1.54) is 30.3 Å². The van der Waals surface area contributed by atoms with Crippen molar-refractivity contribution in [1.82, 2.24) is 0 Å². The molecule has 0 aromatic heterocycles. The van der Waals surface area contributed by atoms with E-state index in [1.807, 2.05) is 31.2 Å². The van der Waals surface area contributed by atoms with Crippen LogP contribution in [0.3, 0.4) is 0 Å². The Morgan fingerprint density at radius 1 is 0.935 bits per heavy atom. The van der Waals surface area contributed by atoms with E-state index in [9.17, 15) is 18.0 Å². The van der Waals surface area contributed by atoms with Gasteiger partial charge in [0.05, 0.1) is 22.0 Å². The molecule has 0 aliphatic carbocycles. The summed E-state index contributed by atoms with van der Waals surface area (Å²) >= 11 is 6.26. The van der Waals surface area contributed by atoms with Crippen molar-refractivity contribution in [2.75, 3.05) is 16.9 Å². The molecule has 3 aromatic rings. The van der Waals surface area contributed by atoms with Crippen LogP contribution in [-0.4, -0.2) is 26.5 Å². The highest BCUT2D eigenvalue weighted by molar-refractivity contribution is 7.90. The Labute approximate surface area is 186 Å². The number of sulfone groups is 1. The van der Waals surface area contributed by atoms with E-state index >= 15 is 0 Å². The van der Waals surface area contributed by atoms with Gasteiger partial charge >= 0.3 is 0 Å². The number of rotatable bonds is 6. The summed E-state index contributed by atoms with van der Waals surface area (Å²) < 4.78 is 23.4. The molecule has 160 valence electrons. The van der Waals surface area contributed by atoms with Crippen LogP contribution in [0.5, 0.6) is 0 Å². The molecule has 3 aromatic carbocycles. The number of anilines is 2. The van der Waals surface area contributed by atoms with E-state index < -0.39 is 15.7 Å². The molecule has 0 bridgehead atoms. The Hall–Kier alpha value is -3.16. The van der Waals surface area contributed by atoms with Gasteiger partial charge in [-0.15, -0.1) is 0 Å². The molecule has 0 spiro atoms. The highest BCUT2D eigenvalue weighted by Gasteiger charge is 2.14. The molecule has 0 saturated heterocycles. The van der Waals surface area contributed by atoms with Crippen LogP contribution < -0.4 is 10.6 Å². The standard InChI is InChI=1S/C23H21ClN2O4S/c1-15-6-8-16(9-7-15)12-22(27)25-18-10-11-21(20(24)14-18)26-23(28)17-4-3-5-19(13-17)31(2,29)30/h3-11,13-14H,12H2,1-2H3,(H,25,27)(H,26,28). The normalized spacial score (nSPS) is 11.1. The largest absolute Gasteiger partial charge is 0.326 e. The third kappa shape index (κ3) is 6.16.